The number of aliphatic hydroxyl groups excluding tert-OH is 1. The minimum absolute atomic E-state index is 0.0318. The van der Waals surface area contributed by atoms with E-state index in [0.29, 0.717) is 0 Å². The van der Waals surface area contributed by atoms with E-state index in [1.54, 1.807) is 0 Å². The van der Waals surface area contributed by atoms with E-state index in [1.807, 2.05) is 45.9 Å². The fourth-order valence-corrected chi connectivity index (χ4v) is 0.689. The largest absolute Gasteiger partial charge is 0.392 e. The summed E-state index contributed by atoms with van der Waals surface area (Å²) in [6.07, 6.45) is 5.78. The van der Waals surface area contributed by atoms with Crippen LogP contribution in [0.5, 0.6) is 0 Å². The second-order valence-corrected chi connectivity index (χ2v) is 2.01. The Morgan fingerprint density at radius 2 is 1.83 bits per heavy atom. The van der Waals surface area contributed by atoms with Gasteiger partial charge in [0, 0.05) is 0 Å². The van der Waals surface area contributed by atoms with Crippen LogP contribution < -0.4 is 0 Å². The van der Waals surface area contributed by atoms with Crippen LogP contribution in [0, 0.1) is 0 Å². The van der Waals surface area contributed by atoms with Gasteiger partial charge in [-0.05, 0) is 25.0 Å². The maximum atomic E-state index is 8.69. The number of hydrogen-bond acceptors (Lipinski definition) is 1. The summed E-state index contributed by atoms with van der Waals surface area (Å²) in [7, 11) is 0. The molecule has 1 heteroatoms. The van der Waals surface area contributed by atoms with Crippen molar-refractivity contribution < 1.29 is 5.11 Å². The van der Waals surface area contributed by atoms with E-state index in [4.69, 9.17) is 5.11 Å². The maximum Gasteiger partial charge on any atom is 0.0681 e. The van der Waals surface area contributed by atoms with Crippen LogP contribution in [0.25, 0.3) is 0 Å². The molecule has 1 nitrogen and oxygen atoms in total. The van der Waals surface area contributed by atoms with Gasteiger partial charge in [0.2, 0.25) is 0 Å². The number of aliphatic hydroxyl groups is 1. The summed E-state index contributed by atoms with van der Waals surface area (Å²) in [6.45, 7) is 11.6. The molecule has 0 unspecified atom stereocenters. The quantitative estimate of drug-likeness (QED) is 0.642. The first kappa shape index (κ1) is 13.7. The van der Waals surface area contributed by atoms with Gasteiger partial charge in [-0.2, -0.15) is 0 Å². The van der Waals surface area contributed by atoms with Crippen LogP contribution in [-0.2, 0) is 0 Å². The Morgan fingerprint density at radius 3 is 2.08 bits per heavy atom. The average molecular weight is 168 g/mol. The molecule has 0 aromatic heterocycles. The molecule has 1 N–H and O–H groups in total. The van der Waals surface area contributed by atoms with E-state index in [0.717, 1.165) is 11.1 Å². The van der Waals surface area contributed by atoms with E-state index >= 15 is 0 Å². The van der Waals surface area contributed by atoms with Crippen molar-refractivity contribution in [1.82, 2.24) is 0 Å². The summed E-state index contributed by atoms with van der Waals surface area (Å²) in [5.41, 5.74) is 1.77. The summed E-state index contributed by atoms with van der Waals surface area (Å²) in [4.78, 5) is 0. The predicted octanol–water partition coefficient (Wildman–Crippen LogP) is 3.08. The smallest absolute Gasteiger partial charge is 0.0681 e. The molecule has 0 heterocycles. The lowest BCUT2D eigenvalue weighted by Crippen LogP contribution is -1.89. The van der Waals surface area contributed by atoms with Gasteiger partial charge in [-0.15, -0.1) is 0 Å². The fraction of sp³-hybridized carbons (Fsp3) is 0.455. The first-order valence-electron chi connectivity index (χ1n) is 4.34. The third-order valence-corrected chi connectivity index (χ3v) is 1.26. The Kier molecular flexibility index (Phi) is 11.7. The van der Waals surface area contributed by atoms with Gasteiger partial charge >= 0.3 is 0 Å². The molecule has 0 aliphatic heterocycles. The van der Waals surface area contributed by atoms with Gasteiger partial charge in [0.15, 0.2) is 0 Å². The second-order valence-electron chi connectivity index (χ2n) is 2.01. The van der Waals surface area contributed by atoms with Crippen molar-refractivity contribution in [1.29, 1.82) is 0 Å². The molecule has 0 radical (unpaired) electrons. The highest BCUT2D eigenvalue weighted by Gasteiger charge is 1.93. The van der Waals surface area contributed by atoms with Crippen molar-refractivity contribution in [2.75, 3.05) is 6.61 Å². The van der Waals surface area contributed by atoms with E-state index in [2.05, 4.69) is 6.58 Å². The molecule has 0 saturated carbocycles. The standard InChI is InChI=1S/C9H14O.C2H6/c1-4-6-9(5-2)8(3)7-10;1-2/h4-6,10H,3,7H2,1-2H3;1-2H3/b6-4-,9-5+;. The Morgan fingerprint density at radius 1 is 1.33 bits per heavy atom. The van der Waals surface area contributed by atoms with Crippen LogP contribution in [-0.4, -0.2) is 11.7 Å². The Balaban J connectivity index is 0. The normalized spacial score (nSPS) is 10.9. The van der Waals surface area contributed by atoms with Crippen molar-refractivity contribution in [3.63, 3.8) is 0 Å². The zero-order chi connectivity index (χ0) is 9.98. The maximum absolute atomic E-state index is 8.69. The Hall–Kier alpha value is -0.820. The molecule has 0 aliphatic rings. The van der Waals surface area contributed by atoms with Crippen LogP contribution in [0.2, 0.25) is 0 Å². The lowest BCUT2D eigenvalue weighted by Gasteiger charge is -2.00. The van der Waals surface area contributed by atoms with Gasteiger partial charge < -0.3 is 5.11 Å². The van der Waals surface area contributed by atoms with Crippen molar-refractivity contribution in [2.45, 2.75) is 27.7 Å². The van der Waals surface area contributed by atoms with Crippen LogP contribution in [0.3, 0.4) is 0 Å². The lowest BCUT2D eigenvalue weighted by molar-refractivity contribution is 0.334. The van der Waals surface area contributed by atoms with Crippen molar-refractivity contribution >= 4 is 0 Å². The Labute approximate surface area is 76.1 Å². The third kappa shape index (κ3) is 5.93. The lowest BCUT2D eigenvalue weighted by atomic mass is 10.1. The molecule has 0 atom stereocenters. The summed E-state index contributed by atoms with van der Waals surface area (Å²) < 4.78 is 0. The Bertz CT molecular complexity index is 164. The highest BCUT2D eigenvalue weighted by Crippen LogP contribution is 2.07. The predicted molar refractivity (Wildman–Crippen MR) is 56.1 cm³/mol. The van der Waals surface area contributed by atoms with Crippen molar-refractivity contribution in [3.05, 3.63) is 36.0 Å². The first-order valence-corrected chi connectivity index (χ1v) is 4.34. The minimum atomic E-state index is 0.0318. The van der Waals surface area contributed by atoms with Gasteiger partial charge in [-0.25, -0.2) is 0 Å². The van der Waals surface area contributed by atoms with E-state index in [9.17, 15) is 0 Å². The molecule has 0 rings (SSSR count). The molecule has 0 aromatic carbocycles. The van der Waals surface area contributed by atoms with Gasteiger partial charge in [-0.3, -0.25) is 0 Å². The van der Waals surface area contributed by atoms with Crippen molar-refractivity contribution in [2.24, 2.45) is 0 Å². The SMILES string of the molecule is C=C(CO)C(/C=C\C)=C/C.CC. The van der Waals surface area contributed by atoms with Gasteiger partial charge in [-0.1, -0.05) is 38.7 Å². The fourth-order valence-electron chi connectivity index (χ4n) is 0.689. The summed E-state index contributed by atoms with van der Waals surface area (Å²) in [5.74, 6) is 0. The molecule has 0 saturated heterocycles. The van der Waals surface area contributed by atoms with Crippen molar-refractivity contribution in [3.8, 4) is 0 Å². The number of allylic oxidation sites excluding steroid dienone is 3. The summed E-state index contributed by atoms with van der Waals surface area (Å²) in [6, 6.07) is 0. The van der Waals surface area contributed by atoms with Crippen LogP contribution in [0.15, 0.2) is 36.0 Å². The average Bonchev–Trinajstić information content (AvgIpc) is 2.16. The number of rotatable bonds is 3. The van der Waals surface area contributed by atoms with E-state index < -0.39 is 0 Å². The highest BCUT2D eigenvalue weighted by molar-refractivity contribution is 5.37. The third-order valence-electron chi connectivity index (χ3n) is 1.26. The number of hydrogen-bond donors (Lipinski definition) is 1. The van der Waals surface area contributed by atoms with Crippen LogP contribution in [0.4, 0.5) is 0 Å². The topological polar surface area (TPSA) is 20.2 Å². The molecule has 0 bridgehead atoms. The molecule has 0 aliphatic carbocycles. The molecular formula is C11H20O. The highest BCUT2D eigenvalue weighted by atomic mass is 16.3. The summed E-state index contributed by atoms with van der Waals surface area (Å²) >= 11 is 0. The van der Waals surface area contributed by atoms with Crippen LogP contribution >= 0.6 is 0 Å². The van der Waals surface area contributed by atoms with Gasteiger partial charge in [0.05, 0.1) is 6.61 Å². The first-order chi connectivity index (χ1) is 5.76. The summed E-state index contributed by atoms with van der Waals surface area (Å²) in [5, 5.41) is 8.69. The minimum Gasteiger partial charge on any atom is -0.392 e. The van der Waals surface area contributed by atoms with Gasteiger partial charge in [0.25, 0.3) is 0 Å². The van der Waals surface area contributed by atoms with Crippen LogP contribution in [0.1, 0.15) is 27.7 Å². The van der Waals surface area contributed by atoms with E-state index in [-0.39, 0.29) is 6.61 Å². The molecule has 0 aromatic rings. The van der Waals surface area contributed by atoms with E-state index in [1.165, 1.54) is 0 Å². The molecule has 12 heavy (non-hydrogen) atoms. The zero-order valence-electron chi connectivity index (χ0n) is 8.59. The molecule has 70 valence electrons. The second kappa shape index (κ2) is 10.2. The zero-order valence-corrected chi connectivity index (χ0v) is 8.59. The van der Waals surface area contributed by atoms with Gasteiger partial charge in [0.1, 0.15) is 0 Å². The molecule has 0 fully saturated rings. The monoisotopic (exact) mass is 168 g/mol. The molecule has 0 spiro atoms. The molecule has 0 amide bonds. The molecular weight excluding hydrogens is 148 g/mol.